The molecule has 128 valence electrons. The third kappa shape index (κ3) is 4.25. The highest BCUT2D eigenvalue weighted by atomic mass is 16.4. The van der Waals surface area contributed by atoms with Gasteiger partial charge in [0.15, 0.2) is 0 Å². The maximum Gasteiger partial charge on any atom is 0.408 e. The summed E-state index contributed by atoms with van der Waals surface area (Å²) in [6.45, 7) is 7.36. The number of pyridine rings is 1. The van der Waals surface area contributed by atoms with Gasteiger partial charge >= 0.3 is 6.09 Å². The number of aryl methyl sites for hydroxylation is 1. The van der Waals surface area contributed by atoms with E-state index in [2.05, 4.69) is 4.98 Å². The van der Waals surface area contributed by atoms with Gasteiger partial charge in [0.05, 0.1) is 6.54 Å². The van der Waals surface area contributed by atoms with Crippen molar-refractivity contribution >= 4 is 6.09 Å². The van der Waals surface area contributed by atoms with Crippen LogP contribution in [0.15, 0.2) is 41.2 Å². The summed E-state index contributed by atoms with van der Waals surface area (Å²) >= 11 is 0. The van der Waals surface area contributed by atoms with E-state index in [9.17, 15) is 14.7 Å². The van der Waals surface area contributed by atoms with Crippen molar-refractivity contribution < 1.29 is 9.90 Å². The molecule has 1 heterocycles. The van der Waals surface area contributed by atoms with Crippen molar-refractivity contribution in [1.29, 1.82) is 0 Å². The van der Waals surface area contributed by atoms with Gasteiger partial charge in [-0.1, -0.05) is 30.3 Å². The number of hydrogen-bond acceptors (Lipinski definition) is 2. The Hall–Kier alpha value is -2.56. The van der Waals surface area contributed by atoms with Gasteiger partial charge in [0.2, 0.25) is 0 Å². The van der Waals surface area contributed by atoms with Gasteiger partial charge in [-0.15, -0.1) is 0 Å². The first-order valence-electron chi connectivity index (χ1n) is 7.94. The van der Waals surface area contributed by atoms with Crippen LogP contribution >= 0.6 is 0 Å². The van der Waals surface area contributed by atoms with Crippen LogP contribution in [-0.4, -0.2) is 26.6 Å². The summed E-state index contributed by atoms with van der Waals surface area (Å²) in [5.41, 5.74) is 2.40. The van der Waals surface area contributed by atoms with Crippen molar-refractivity contribution in [2.75, 3.05) is 0 Å². The Morgan fingerprint density at radius 2 is 1.83 bits per heavy atom. The van der Waals surface area contributed by atoms with Crippen LogP contribution in [0.5, 0.6) is 0 Å². The molecule has 0 saturated heterocycles. The predicted molar refractivity (Wildman–Crippen MR) is 94.4 cm³/mol. The quantitative estimate of drug-likeness (QED) is 0.901. The van der Waals surface area contributed by atoms with E-state index < -0.39 is 11.6 Å². The van der Waals surface area contributed by atoms with Gasteiger partial charge in [0.25, 0.3) is 5.56 Å². The lowest BCUT2D eigenvalue weighted by Crippen LogP contribution is -2.45. The first kappa shape index (κ1) is 17.8. The summed E-state index contributed by atoms with van der Waals surface area (Å²) < 4.78 is 0. The van der Waals surface area contributed by atoms with Crippen LogP contribution in [-0.2, 0) is 13.0 Å². The number of nitrogens with zero attached hydrogens (tertiary/aromatic N) is 1. The Morgan fingerprint density at radius 1 is 1.21 bits per heavy atom. The van der Waals surface area contributed by atoms with Gasteiger partial charge in [-0.3, -0.25) is 9.69 Å². The molecule has 2 aromatic rings. The van der Waals surface area contributed by atoms with E-state index in [0.717, 1.165) is 16.8 Å². The standard InChI is InChI=1S/C19H24N2O3/c1-13-10-15(11-14-8-6-5-7-9-14)16(17(22)20-13)12-21(18(23)24)19(2,3)4/h5-10H,11-12H2,1-4H3,(H,20,22)(H,23,24). The maximum atomic E-state index is 12.5. The number of rotatable bonds is 4. The summed E-state index contributed by atoms with van der Waals surface area (Å²) in [5, 5.41) is 9.51. The van der Waals surface area contributed by atoms with Gasteiger partial charge in [-0.2, -0.15) is 0 Å². The third-order valence-electron chi connectivity index (χ3n) is 3.96. The van der Waals surface area contributed by atoms with Crippen LogP contribution in [0.1, 0.15) is 43.2 Å². The Balaban J connectivity index is 2.45. The molecule has 1 aromatic carbocycles. The smallest absolute Gasteiger partial charge is 0.408 e. The number of hydrogen-bond donors (Lipinski definition) is 2. The van der Waals surface area contributed by atoms with E-state index in [1.165, 1.54) is 4.90 Å². The minimum absolute atomic E-state index is 0.0661. The number of carboxylic acid groups (broad SMARTS) is 1. The molecular formula is C19H24N2O3. The van der Waals surface area contributed by atoms with Gasteiger partial charge in [0, 0.05) is 16.8 Å². The van der Waals surface area contributed by atoms with Crippen molar-refractivity contribution in [2.24, 2.45) is 0 Å². The first-order chi connectivity index (χ1) is 11.2. The number of benzene rings is 1. The topological polar surface area (TPSA) is 73.4 Å². The normalized spacial score (nSPS) is 11.3. The number of aromatic amines is 1. The molecule has 5 nitrogen and oxygen atoms in total. The molecule has 5 heteroatoms. The number of H-pyrrole nitrogens is 1. The number of nitrogens with one attached hydrogen (secondary N) is 1. The van der Waals surface area contributed by atoms with Crippen LogP contribution < -0.4 is 5.56 Å². The number of amides is 1. The highest BCUT2D eigenvalue weighted by Crippen LogP contribution is 2.20. The van der Waals surface area contributed by atoms with E-state index in [4.69, 9.17) is 0 Å². The summed E-state index contributed by atoms with van der Waals surface area (Å²) in [5.74, 6) is 0. The summed E-state index contributed by atoms with van der Waals surface area (Å²) in [6.07, 6.45) is -0.438. The molecule has 1 aromatic heterocycles. The molecule has 0 aliphatic rings. The molecule has 2 N–H and O–H groups in total. The van der Waals surface area contributed by atoms with Crippen LogP contribution in [0.2, 0.25) is 0 Å². The molecule has 0 bridgehead atoms. The number of carbonyl (C=O) groups is 1. The van der Waals surface area contributed by atoms with Crippen molar-refractivity contribution in [3.8, 4) is 0 Å². The fourth-order valence-corrected chi connectivity index (χ4v) is 2.68. The van der Waals surface area contributed by atoms with E-state index in [0.29, 0.717) is 12.0 Å². The Kier molecular flexibility index (Phi) is 5.12. The van der Waals surface area contributed by atoms with Gasteiger partial charge in [-0.25, -0.2) is 4.79 Å². The van der Waals surface area contributed by atoms with Gasteiger partial charge in [-0.05, 0) is 51.3 Å². The lowest BCUT2D eigenvalue weighted by Gasteiger charge is -2.33. The molecule has 0 atom stereocenters. The Morgan fingerprint density at radius 3 is 2.38 bits per heavy atom. The molecule has 0 radical (unpaired) electrons. The molecule has 0 saturated carbocycles. The molecular weight excluding hydrogens is 304 g/mol. The second kappa shape index (κ2) is 6.91. The Bertz CT molecular complexity index is 773. The second-order valence-corrected chi connectivity index (χ2v) is 6.99. The SMILES string of the molecule is Cc1cc(Cc2ccccc2)c(CN(C(=O)O)C(C)(C)C)c(=O)[nH]1. The van der Waals surface area contributed by atoms with Crippen molar-refractivity contribution in [3.63, 3.8) is 0 Å². The summed E-state index contributed by atoms with van der Waals surface area (Å²) in [6, 6.07) is 11.8. The Labute approximate surface area is 142 Å². The lowest BCUT2D eigenvalue weighted by molar-refractivity contribution is 0.0951. The summed E-state index contributed by atoms with van der Waals surface area (Å²) in [4.78, 5) is 28.2. The van der Waals surface area contributed by atoms with E-state index in [1.807, 2.05) is 64.1 Å². The van der Waals surface area contributed by atoms with Gasteiger partial charge in [0.1, 0.15) is 0 Å². The minimum atomic E-state index is -1.03. The van der Waals surface area contributed by atoms with Crippen LogP contribution in [0.25, 0.3) is 0 Å². The molecule has 0 fully saturated rings. The summed E-state index contributed by atoms with van der Waals surface area (Å²) in [7, 11) is 0. The highest BCUT2D eigenvalue weighted by molar-refractivity contribution is 5.66. The minimum Gasteiger partial charge on any atom is -0.465 e. The first-order valence-corrected chi connectivity index (χ1v) is 7.94. The predicted octanol–water partition coefficient (Wildman–Crippen LogP) is 3.55. The zero-order valence-corrected chi connectivity index (χ0v) is 14.6. The zero-order chi connectivity index (χ0) is 17.9. The lowest BCUT2D eigenvalue weighted by atomic mass is 9.98. The molecule has 0 aliphatic carbocycles. The van der Waals surface area contributed by atoms with Crippen LogP contribution in [0.4, 0.5) is 4.79 Å². The molecule has 1 amide bonds. The van der Waals surface area contributed by atoms with Crippen molar-refractivity contribution in [3.05, 3.63) is 69.1 Å². The monoisotopic (exact) mass is 328 g/mol. The van der Waals surface area contributed by atoms with E-state index >= 15 is 0 Å². The zero-order valence-electron chi connectivity index (χ0n) is 14.6. The van der Waals surface area contributed by atoms with E-state index in [-0.39, 0.29) is 12.1 Å². The number of aromatic nitrogens is 1. The maximum absolute atomic E-state index is 12.5. The van der Waals surface area contributed by atoms with Crippen LogP contribution in [0.3, 0.4) is 0 Å². The molecule has 0 spiro atoms. The largest absolute Gasteiger partial charge is 0.465 e. The van der Waals surface area contributed by atoms with Gasteiger partial charge < -0.3 is 10.1 Å². The fourth-order valence-electron chi connectivity index (χ4n) is 2.68. The third-order valence-corrected chi connectivity index (χ3v) is 3.96. The average Bonchev–Trinajstić information content (AvgIpc) is 2.45. The fraction of sp³-hybridized carbons (Fsp3) is 0.368. The molecule has 24 heavy (non-hydrogen) atoms. The highest BCUT2D eigenvalue weighted by Gasteiger charge is 2.28. The average molecular weight is 328 g/mol. The molecule has 0 aliphatic heterocycles. The van der Waals surface area contributed by atoms with E-state index in [1.54, 1.807) is 0 Å². The van der Waals surface area contributed by atoms with Crippen molar-refractivity contribution in [1.82, 2.24) is 9.88 Å². The van der Waals surface area contributed by atoms with Crippen molar-refractivity contribution in [2.45, 2.75) is 46.2 Å². The molecule has 0 unspecified atom stereocenters. The van der Waals surface area contributed by atoms with Crippen LogP contribution in [0, 0.1) is 6.92 Å². The molecule has 2 rings (SSSR count). The second-order valence-electron chi connectivity index (χ2n) is 6.99.